The van der Waals surface area contributed by atoms with Crippen LogP contribution >= 0.6 is 0 Å². The first-order valence-electron chi connectivity index (χ1n) is 9.17. The zero-order valence-corrected chi connectivity index (χ0v) is 15.5. The maximum absolute atomic E-state index is 6.06. The summed E-state index contributed by atoms with van der Waals surface area (Å²) in [6.45, 7) is 5.62. The molecule has 1 aliphatic heterocycles. The van der Waals surface area contributed by atoms with E-state index in [0.717, 1.165) is 36.9 Å². The van der Waals surface area contributed by atoms with Crippen LogP contribution in [0.5, 0.6) is 5.75 Å². The first kappa shape index (κ1) is 17.5. The van der Waals surface area contributed by atoms with Gasteiger partial charge in [-0.25, -0.2) is 9.67 Å². The lowest BCUT2D eigenvalue weighted by atomic mass is 9.97. The van der Waals surface area contributed by atoms with Crippen LogP contribution in [0.4, 0.5) is 11.6 Å². The van der Waals surface area contributed by atoms with Crippen molar-refractivity contribution in [2.75, 3.05) is 18.5 Å². The molecule has 1 atom stereocenters. The van der Waals surface area contributed by atoms with Crippen molar-refractivity contribution >= 4 is 11.6 Å². The first-order chi connectivity index (χ1) is 13.2. The second-order valence-corrected chi connectivity index (χ2v) is 6.81. The number of ether oxygens (including phenoxy) is 2. The second kappa shape index (κ2) is 7.75. The van der Waals surface area contributed by atoms with Crippen molar-refractivity contribution in [3.63, 3.8) is 0 Å². The van der Waals surface area contributed by atoms with Gasteiger partial charge in [0, 0.05) is 30.5 Å². The molecule has 1 fully saturated rings. The van der Waals surface area contributed by atoms with E-state index in [9.17, 15) is 0 Å². The molecule has 0 radical (unpaired) electrons. The lowest BCUT2D eigenvalue weighted by Gasteiger charge is -2.18. The Labute approximate surface area is 158 Å². The molecule has 0 aliphatic carbocycles. The van der Waals surface area contributed by atoms with Gasteiger partial charge >= 0.3 is 0 Å². The standard InChI is InChI=1S/C20H23N5O2/c1-14(2)27-18-11-16(6-7-17(18)15-8-10-26-12-15)23-20-22-13-25(24-20)19-5-3-4-9-21-19/h3-7,9,11,13-15H,8,10,12H2,1-2H3,(H,23,24). The molecule has 0 spiro atoms. The summed E-state index contributed by atoms with van der Waals surface area (Å²) in [5.74, 6) is 2.50. The molecule has 7 heteroatoms. The number of nitrogens with one attached hydrogen (secondary N) is 1. The summed E-state index contributed by atoms with van der Waals surface area (Å²) in [5.41, 5.74) is 2.07. The summed E-state index contributed by atoms with van der Waals surface area (Å²) in [6.07, 6.45) is 4.49. The van der Waals surface area contributed by atoms with Crippen LogP contribution in [0.1, 0.15) is 31.7 Å². The third-order valence-electron chi connectivity index (χ3n) is 4.38. The van der Waals surface area contributed by atoms with E-state index in [2.05, 4.69) is 26.4 Å². The van der Waals surface area contributed by atoms with Gasteiger partial charge in [-0.05, 0) is 44.0 Å². The van der Waals surface area contributed by atoms with Gasteiger partial charge in [-0.2, -0.15) is 4.98 Å². The number of hydrogen-bond acceptors (Lipinski definition) is 6. The average molecular weight is 365 g/mol. The van der Waals surface area contributed by atoms with Crippen molar-refractivity contribution in [1.82, 2.24) is 19.7 Å². The minimum atomic E-state index is 0.0998. The zero-order chi connectivity index (χ0) is 18.6. The Morgan fingerprint density at radius 2 is 2.15 bits per heavy atom. The van der Waals surface area contributed by atoms with Crippen LogP contribution in [-0.4, -0.2) is 39.1 Å². The summed E-state index contributed by atoms with van der Waals surface area (Å²) in [5, 5.41) is 7.68. The van der Waals surface area contributed by atoms with E-state index in [4.69, 9.17) is 9.47 Å². The van der Waals surface area contributed by atoms with E-state index in [-0.39, 0.29) is 6.10 Å². The summed E-state index contributed by atoms with van der Waals surface area (Å²) < 4.78 is 13.2. The van der Waals surface area contributed by atoms with Crippen molar-refractivity contribution in [1.29, 1.82) is 0 Å². The largest absolute Gasteiger partial charge is 0.491 e. The third kappa shape index (κ3) is 4.09. The lowest BCUT2D eigenvalue weighted by Crippen LogP contribution is -2.10. The number of nitrogens with zero attached hydrogens (tertiary/aromatic N) is 4. The minimum Gasteiger partial charge on any atom is -0.491 e. The van der Waals surface area contributed by atoms with Gasteiger partial charge in [-0.1, -0.05) is 12.1 Å². The van der Waals surface area contributed by atoms with Crippen molar-refractivity contribution < 1.29 is 9.47 Å². The highest BCUT2D eigenvalue weighted by Gasteiger charge is 2.22. The Bertz CT molecular complexity index is 888. The van der Waals surface area contributed by atoms with E-state index in [1.165, 1.54) is 5.56 Å². The van der Waals surface area contributed by atoms with Crippen molar-refractivity contribution in [2.24, 2.45) is 0 Å². The van der Waals surface area contributed by atoms with Crippen LogP contribution < -0.4 is 10.1 Å². The van der Waals surface area contributed by atoms with Crippen molar-refractivity contribution in [3.8, 4) is 11.6 Å². The van der Waals surface area contributed by atoms with E-state index in [1.807, 2.05) is 44.2 Å². The maximum Gasteiger partial charge on any atom is 0.247 e. The molecule has 7 nitrogen and oxygen atoms in total. The summed E-state index contributed by atoms with van der Waals surface area (Å²) >= 11 is 0. The molecule has 1 saturated heterocycles. The molecule has 0 saturated carbocycles. The molecule has 1 N–H and O–H groups in total. The van der Waals surface area contributed by atoms with Gasteiger partial charge in [0.1, 0.15) is 12.1 Å². The Balaban J connectivity index is 1.56. The normalized spacial score (nSPS) is 16.6. The number of anilines is 2. The fraction of sp³-hybridized carbons (Fsp3) is 0.350. The first-order valence-corrected chi connectivity index (χ1v) is 9.17. The minimum absolute atomic E-state index is 0.0998. The van der Waals surface area contributed by atoms with Crippen LogP contribution in [0.3, 0.4) is 0 Å². The molecule has 140 valence electrons. The highest BCUT2D eigenvalue weighted by molar-refractivity contribution is 5.58. The predicted octanol–water partition coefficient (Wildman–Crippen LogP) is 3.70. The van der Waals surface area contributed by atoms with Gasteiger partial charge < -0.3 is 14.8 Å². The van der Waals surface area contributed by atoms with Gasteiger partial charge in [-0.15, -0.1) is 5.10 Å². The van der Waals surface area contributed by atoms with Gasteiger partial charge in [-0.3, -0.25) is 0 Å². The monoisotopic (exact) mass is 365 g/mol. The third-order valence-corrected chi connectivity index (χ3v) is 4.38. The van der Waals surface area contributed by atoms with Crippen LogP contribution in [0.15, 0.2) is 48.9 Å². The van der Waals surface area contributed by atoms with Crippen LogP contribution in [-0.2, 0) is 4.74 Å². The molecule has 0 bridgehead atoms. The number of benzene rings is 1. The Hall–Kier alpha value is -2.93. The Kier molecular flexibility index (Phi) is 5.02. The molecule has 4 rings (SSSR count). The number of hydrogen-bond donors (Lipinski definition) is 1. The SMILES string of the molecule is CC(C)Oc1cc(Nc2ncn(-c3ccccn3)n2)ccc1C1CCOC1. The van der Waals surface area contributed by atoms with Crippen molar-refractivity contribution in [2.45, 2.75) is 32.3 Å². The topological polar surface area (TPSA) is 74.1 Å². The summed E-state index contributed by atoms with van der Waals surface area (Å²) in [7, 11) is 0. The van der Waals surface area contributed by atoms with Gasteiger partial charge in [0.05, 0.1) is 12.7 Å². The molecule has 1 aliphatic rings. The van der Waals surface area contributed by atoms with E-state index < -0.39 is 0 Å². The lowest BCUT2D eigenvalue weighted by molar-refractivity contribution is 0.192. The molecule has 3 aromatic rings. The molecule has 27 heavy (non-hydrogen) atoms. The predicted molar refractivity (Wildman–Crippen MR) is 103 cm³/mol. The van der Waals surface area contributed by atoms with Crippen LogP contribution in [0, 0.1) is 0 Å². The fourth-order valence-electron chi connectivity index (χ4n) is 3.13. The quantitative estimate of drug-likeness (QED) is 0.718. The Morgan fingerprint density at radius 3 is 2.89 bits per heavy atom. The fourth-order valence-corrected chi connectivity index (χ4v) is 3.13. The molecular weight excluding hydrogens is 342 g/mol. The summed E-state index contributed by atoms with van der Waals surface area (Å²) in [6, 6.07) is 11.8. The van der Waals surface area contributed by atoms with Gasteiger partial charge in [0.25, 0.3) is 0 Å². The zero-order valence-electron chi connectivity index (χ0n) is 15.5. The van der Waals surface area contributed by atoms with E-state index in [0.29, 0.717) is 11.9 Å². The van der Waals surface area contributed by atoms with Gasteiger partial charge in [0.15, 0.2) is 5.82 Å². The molecule has 1 unspecified atom stereocenters. The number of rotatable bonds is 6. The maximum atomic E-state index is 6.06. The average Bonchev–Trinajstić information content (AvgIpc) is 3.34. The molecule has 2 aromatic heterocycles. The number of aromatic nitrogens is 4. The number of pyridine rings is 1. The smallest absolute Gasteiger partial charge is 0.247 e. The molecule has 0 amide bonds. The molecular formula is C20H23N5O2. The molecule has 3 heterocycles. The molecule has 1 aromatic carbocycles. The highest BCUT2D eigenvalue weighted by Crippen LogP contribution is 2.35. The Morgan fingerprint density at radius 1 is 1.22 bits per heavy atom. The van der Waals surface area contributed by atoms with Crippen LogP contribution in [0.2, 0.25) is 0 Å². The van der Waals surface area contributed by atoms with Crippen LogP contribution in [0.25, 0.3) is 5.82 Å². The van der Waals surface area contributed by atoms with Crippen molar-refractivity contribution in [3.05, 3.63) is 54.5 Å². The van der Waals surface area contributed by atoms with Gasteiger partial charge in [0.2, 0.25) is 5.95 Å². The second-order valence-electron chi connectivity index (χ2n) is 6.81. The van der Waals surface area contributed by atoms with E-state index >= 15 is 0 Å². The summed E-state index contributed by atoms with van der Waals surface area (Å²) in [4.78, 5) is 8.59. The van der Waals surface area contributed by atoms with E-state index in [1.54, 1.807) is 17.2 Å². The highest BCUT2D eigenvalue weighted by atomic mass is 16.5.